The van der Waals surface area contributed by atoms with E-state index in [0.717, 1.165) is 17.2 Å². The van der Waals surface area contributed by atoms with Crippen LogP contribution in [0.2, 0.25) is 5.02 Å². The smallest absolute Gasteiger partial charge is 0.122 e. The van der Waals surface area contributed by atoms with Gasteiger partial charge in [0.25, 0.3) is 0 Å². The van der Waals surface area contributed by atoms with Gasteiger partial charge in [-0.25, -0.2) is 0 Å². The highest BCUT2D eigenvalue weighted by Crippen LogP contribution is 2.34. The van der Waals surface area contributed by atoms with Crippen molar-refractivity contribution in [2.24, 2.45) is 5.73 Å². The summed E-state index contributed by atoms with van der Waals surface area (Å²) < 4.78 is 5.87. The summed E-state index contributed by atoms with van der Waals surface area (Å²) in [6.07, 6.45) is 0.852. The Morgan fingerprint density at radius 2 is 1.88 bits per heavy atom. The summed E-state index contributed by atoms with van der Waals surface area (Å²) >= 11 is 6.13. The summed E-state index contributed by atoms with van der Waals surface area (Å²) in [5, 5.41) is 0.761. The lowest BCUT2D eigenvalue weighted by Crippen LogP contribution is -2.18. The molecule has 0 radical (unpaired) electrons. The zero-order chi connectivity index (χ0) is 17.7. The number of hydrogen-bond acceptors (Lipinski definition) is 2. The molecule has 2 aromatic rings. The van der Waals surface area contributed by atoms with Gasteiger partial charge < -0.3 is 10.5 Å². The molecule has 0 amide bonds. The van der Waals surface area contributed by atoms with Gasteiger partial charge in [0.2, 0.25) is 0 Å². The van der Waals surface area contributed by atoms with Gasteiger partial charge in [-0.3, -0.25) is 0 Å². The SMILES string of the molecule is CCOc1ccc(C(C)(C)C)cc1C(CN)Cc1cccc(Cl)c1. The Labute approximate surface area is 151 Å². The molecule has 0 aliphatic heterocycles. The van der Waals surface area contributed by atoms with Crippen LogP contribution in [-0.4, -0.2) is 13.2 Å². The Morgan fingerprint density at radius 3 is 2.46 bits per heavy atom. The second-order valence-electron chi connectivity index (χ2n) is 7.20. The van der Waals surface area contributed by atoms with E-state index in [0.29, 0.717) is 13.2 Å². The summed E-state index contributed by atoms with van der Waals surface area (Å²) in [5.41, 5.74) is 9.90. The van der Waals surface area contributed by atoms with Gasteiger partial charge in [-0.05, 0) is 60.2 Å². The molecule has 24 heavy (non-hydrogen) atoms. The van der Waals surface area contributed by atoms with Crippen molar-refractivity contribution in [3.8, 4) is 5.75 Å². The lowest BCUT2D eigenvalue weighted by molar-refractivity contribution is 0.333. The van der Waals surface area contributed by atoms with Gasteiger partial charge >= 0.3 is 0 Å². The molecule has 2 N–H and O–H groups in total. The average Bonchev–Trinajstić information content (AvgIpc) is 2.52. The van der Waals surface area contributed by atoms with Crippen LogP contribution >= 0.6 is 11.6 Å². The van der Waals surface area contributed by atoms with Gasteiger partial charge in [0.15, 0.2) is 0 Å². The van der Waals surface area contributed by atoms with Gasteiger partial charge in [-0.1, -0.05) is 56.6 Å². The van der Waals surface area contributed by atoms with Gasteiger partial charge in [0.05, 0.1) is 6.61 Å². The van der Waals surface area contributed by atoms with Crippen molar-refractivity contribution >= 4 is 11.6 Å². The van der Waals surface area contributed by atoms with Crippen LogP contribution in [0.15, 0.2) is 42.5 Å². The van der Waals surface area contributed by atoms with E-state index in [-0.39, 0.29) is 11.3 Å². The first kappa shape index (κ1) is 18.8. The third-order valence-electron chi connectivity index (χ3n) is 4.27. The second kappa shape index (κ2) is 8.04. The summed E-state index contributed by atoms with van der Waals surface area (Å²) in [4.78, 5) is 0. The summed E-state index contributed by atoms with van der Waals surface area (Å²) in [5.74, 6) is 1.13. The Bertz CT molecular complexity index is 676. The van der Waals surface area contributed by atoms with Crippen molar-refractivity contribution in [1.82, 2.24) is 0 Å². The van der Waals surface area contributed by atoms with E-state index in [4.69, 9.17) is 22.1 Å². The maximum Gasteiger partial charge on any atom is 0.122 e. The van der Waals surface area contributed by atoms with Crippen LogP contribution in [0.5, 0.6) is 5.75 Å². The minimum Gasteiger partial charge on any atom is -0.494 e. The molecule has 0 aliphatic rings. The molecular weight excluding hydrogens is 318 g/mol. The number of ether oxygens (including phenoxy) is 1. The molecule has 2 rings (SSSR count). The summed E-state index contributed by atoms with van der Waals surface area (Å²) in [6, 6.07) is 14.5. The first-order chi connectivity index (χ1) is 11.3. The normalized spacial score (nSPS) is 12.9. The molecule has 0 aromatic heterocycles. The zero-order valence-corrected chi connectivity index (χ0v) is 15.9. The van der Waals surface area contributed by atoms with Crippen LogP contribution in [0.25, 0.3) is 0 Å². The van der Waals surface area contributed by atoms with Gasteiger partial charge in [0, 0.05) is 10.9 Å². The molecule has 0 bridgehead atoms. The minimum absolute atomic E-state index is 0.0920. The van der Waals surface area contributed by atoms with Gasteiger partial charge in [0.1, 0.15) is 5.75 Å². The average molecular weight is 346 g/mol. The molecule has 2 aromatic carbocycles. The molecule has 3 heteroatoms. The topological polar surface area (TPSA) is 35.2 Å². The van der Waals surface area contributed by atoms with Gasteiger partial charge in [-0.15, -0.1) is 0 Å². The Kier molecular flexibility index (Phi) is 6.31. The van der Waals surface area contributed by atoms with Crippen molar-refractivity contribution in [1.29, 1.82) is 0 Å². The molecule has 130 valence electrons. The van der Waals surface area contributed by atoms with Crippen LogP contribution in [0.4, 0.5) is 0 Å². The van der Waals surface area contributed by atoms with Crippen molar-refractivity contribution in [3.05, 3.63) is 64.2 Å². The molecule has 2 nitrogen and oxygen atoms in total. The van der Waals surface area contributed by atoms with E-state index in [9.17, 15) is 0 Å². The predicted octanol–water partition coefficient (Wildman–Crippen LogP) is 5.32. The van der Waals surface area contributed by atoms with E-state index in [1.807, 2.05) is 25.1 Å². The standard InChI is InChI=1S/C21H28ClNO/c1-5-24-20-10-9-17(21(2,3)4)13-19(20)16(14-23)11-15-7-6-8-18(22)12-15/h6-10,12-13,16H,5,11,14,23H2,1-4H3. The Balaban J connectivity index is 2.40. The fourth-order valence-corrected chi connectivity index (χ4v) is 3.10. The Hall–Kier alpha value is -1.51. The minimum atomic E-state index is 0.0920. The summed E-state index contributed by atoms with van der Waals surface area (Å²) in [7, 11) is 0. The van der Waals surface area contributed by atoms with Crippen LogP contribution < -0.4 is 10.5 Å². The molecule has 0 aliphatic carbocycles. The first-order valence-corrected chi connectivity index (χ1v) is 8.94. The van der Waals surface area contributed by atoms with E-state index >= 15 is 0 Å². The number of hydrogen-bond donors (Lipinski definition) is 1. The number of rotatable bonds is 6. The van der Waals surface area contributed by atoms with Crippen LogP contribution in [0.1, 0.15) is 50.3 Å². The molecule has 0 fully saturated rings. The maximum absolute atomic E-state index is 6.13. The monoisotopic (exact) mass is 345 g/mol. The third kappa shape index (κ3) is 4.75. The zero-order valence-electron chi connectivity index (χ0n) is 15.1. The van der Waals surface area contributed by atoms with Crippen molar-refractivity contribution in [2.75, 3.05) is 13.2 Å². The largest absolute Gasteiger partial charge is 0.494 e. The van der Waals surface area contributed by atoms with Crippen molar-refractivity contribution < 1.29 is 4.74 Å². The fourth-order valence-electron chi connectivity index (χ4n) is 2.89. The second-order valence-corrected chi connectivity index (χ2v) is 7.64. The number of nitrogens with two attached hydrogens (primary N) is 1. The van der Waals surface area contributed by atoms with Crippen LogP contribution in [-0.2, 0) is 11.8 Å². The Morgan fingerprint density at radius 1 is 1.12 bits per heavy atom. The number of benzene rings is 2. The van der Waals surface area contributed by atoms with E-state index < -0.39 is 0 Å². The highest BCUT2D eigenvalue weighted by Gasteiger charge is 2.21. The van der Waals surface area contributed by atoms with E-state index in [1.165, 1.54) is 16.7 Å². The molecule has 0 saturated heterocycles. The predicted molar refractivity (Wildman–Crippen MR) is 103 cm³/mol. The lowest BCUT2D eigenvalue weighted by atomic mass is 9.83. The first-order valence-electron chi connectivity index (χ1n) is 8.57. The molecule has 1 unspecified atom stereocenters. The molecule has 1 atom stereocenters. The van der Waals surface area contributed by atoms with Gasteiger partial charge in [-0.2, -0.15) is 0 Å². The number of halogens is 1. The third-order valence-corrected chi connectivity index (χ3v) is 4.51. The molecule has 0 spiro atoms. The highest BCUT2D eigenvalue weighted by atomic mass is 35.5. The highest BCUT2D eigenvalue weighted by molar-refractivity contribution is 6.30. The molecule has 0 saturated carbocycles. The quantitative estimate of drug-likeness (QED) is 0.768. The fraction of sp³-hybridized carbons (Fsp3) is 0.429. The van der Waals surface area contributed by atoms with Crippen LogP contribution in [0.3, 0.4) is 0 Å². The van der Waals surface area contributed by atoms with Crippen LogP contribution in [0, 0.1) is 0 Å². The van der Waals surface area contributed by atoms with Crippen molar-refractivity contribution in [3.63, 3.8) is 0 Å². The molecule has 0 heterocycles. The van der Waals surface area contributed by atoms with Crippen molar-refractivity contribution in [2.45, 2.75) is 45.4 Å². The maximum atomic E-state index is 6.13. The molecular formula is C21H28ClNO. The van der Waals surface area contributed by atoms with E-state index in [2.05, 4.69) is 45.0 Å². The van der Waals surface area contributed by atoms with E-state index in [1.54, 1.807) is 0 Å². The summed E-state index contributed by atoms with van der Waals surface area (Å²) in [6.45, 7) is 9.90. The lowest BCUT2D eigenvalue weighted by Gasteiger charge is -2.25.